The van der Waals surface area contributed by atoms with E-state index >= 15 is 0 Å². The summed E-state index contributed by atoms with van der Waals surface area (Å²) < 4.78 is 5.34. The SMILES string of the molecule is Cl.O=C(NC1CCOCC1)c1cccc(C2CC2NC2CCC2)c1. The summed E-state index contributed by atoms with van der Waals surface area (Å²) in [6, 6.07) is 9.81. The number of carbonyl (C=O) groups excluding carboxylic acids is 1. The zero-order valence-electron chi connectivity index (χ0n) is 14.0. The van der Waals surface area contributed by atoms with Crippen molar-refractivity contribution in [1.82, 2.24) is 10.6 Å². The molecule has 24 heavy (non-hydrogen) atoms. The number of halogens is 1. The minimum Gasteiger partial charge on any atom is -0.381 e. The normalized spacial score (nSPS) is 27.0. The van der Waals surface area contributed by atoms with Crippen LogP contribution in [0.5, 0.6) is 0 Å². The first-order chi connectivity index (χ1) is 11.3. The quantitative estimate of drug-likeness (QED) is 0.858. The van der Waals surface area contributed by atoms with Crippen LogP contribution in [0, 0.1) is 0 Å². The van der Waals surface area contributed by atoms with Crippen LogP contribution < -0.4 is 10.6 Å². The number of carbonyl (C=O) groups is 1. The highest BCUT2D eigenvalue weighted by Crippen LogP contribution is 2.42. The van der Waals surface area contributed by atoms with Crippen molar-refractivity contribution < 1.29 is 9.53 Å². The average Bonchev–Trinajstić information content (AvgIpc) is 3.32. The molecule has 1 aromatic rings. The monoisotopic (exact) mass is 350 g/mol. The van der Waals surface area contributed by atoms with Gasteiger partial charge in [0.15, 0.2) is 0 Å². The second-order valence-corrected chi connectivity index (χ2v) is 7.23. The van der Waals surface area contributed by atoms with Gasteiger partial charge < -0.3 is 15.4 Å². The Bertz CT molecular complexity index is 570. The zero-order valence-corrected chi connectivity index (χ0v) is 14.8. The number of hydrogen-bond acceptors (Lipinski definition) is 3. The molecular weight excluding hydrogens is 324 g/mol. The first kappa shape index (κ1) is 17.7. The van der Waals surface area contributed by atoms with Gasteiger partial charge >= 0.3 is 0 Å². The first-order valence-corrected chi connectivity index (χ1v) is 9.04. The van der Waals surface area contributed by atoms with E-state index in [4.69, 9.17) is 4.74 Å². The van der Waals surface area contributed by atoms with Gasteiger partial charge in [-0.25, -0.2) is 0 Å². The molecule has 2 N–H and O–H groups in total. The smallest absolute Gasteiger partial charge is 0.251 e. The number of ether oxygens (including phenoxy) is 1. The van der Waals surface area contributed by atoms with Gasteiger partial charge in [0.25, 0.3) is 5.91 Å². The number of benzene rings is 1. The van der Waals surface area contributed by atoms with Gasteiger partial charge in [0, 0.05) is 42.8 Å². The lowest BCUT2D eigenvalue weighted by Gasteiger charge is -2.26. The molecule has 1 saturated heterocycles. The van der Waals surface area contributed by atoms with E-state index in [1.807, 2.05) is 12.1 Å². The van der Waals surface area contributed by atoms with E-state index < -0.39 is 0 Å². The molecular formula is C19H27ClN2O2. The highest BCUT2D eigenvalue weighted by Gasteiger charge is 2.40. The second-order valence-electron chi connectivity index (χ2n) is 7.23. The van der Waals surface area contributed by atoms with Crippen LogP contribution >= 0.6 is 12.4 Å². The van der Waals surface area contributed by atoms with Crippen molar-refractivity contribution in [3.05, 3.63) is 35.4 Å². The molecule has 0 radical (unpaired) electrons. The summed E-state index contributed by atoms with van der Waals surface area (Å²) >= 11 is 0. The summed E-state index contributed by atoms with van der Waals surface area (Å²) in [5, 5.41) is 6.89. The highest BCUT2D eigenvalue weighted by atomic mass is 35.5. The Hall–Kier alpha value is -1.10. The van der Waals surface area contributed by atoms with Crippen molar-refractivity contribution in [3.63, 3.8) is 0 Å². The molecule has 1 aromatic carbocycles. The third-order valence-electron chi connectivity index (χ3n) is 5.48. The molecule has 1 amide bonds. The van der Waals surface area contributed by atoms with Crippen LogP contribution in [-0.4, -0.2) is 37.2 Å². The van der Waals surface area contributed by atoms with Crippen LogP contribution in [0.15, 0.2) is 24.3 Å². The van der Waals surface area contributed by atoms with Crippen LogP contribution in [0.4, 0.5) is 0 Å². The molecule has 4 rings (SSSR count). The van der Waals surface area contributed by atoms with Gasteiger partial charge in [-0.1, -0.05) is 18.6 Å². The van der Waals surface area contributed by atoms with Gasteiger partial charge in [-0.3, -0.25) is 4.79 Å². The number of hydrogen-bond donors (Lipinski definition) is 2. The maximum atomic E-state index is 12.5. The highest BCUT2D eigenvalue weighted by molar-refractivity contribution is 5.94. The van der Waals surface area contributed by atoms with Crippen LogP contribution in [0.3, 0.4) is 0 Å². The van der Waals surface area contributed by atoms with Crippen LogP contribution in [0.25, 0.3) is 0 Å². The van der Waals surface area contributed by atoms with Crippen molar-refractivity contribution in [3.8, 4) is 0 Å². The number of rotatable bonds is 5. The first-order valence-electron chi connectivity index (χ1n) is 9.04. The lowest BCUT2D eigenvalue weighted by Crippen LogP contribution is -2.38. The van der Waals surface area contributed by atoms with Gasteiger partial charge in [-0.05, 0) is 49.8 Å². The lowest BCUT2D eigenvalue weighted by molar-refractivity contribution is 0.0696. The Morgan fingerprint density at radius 1 is 1.08 bits per heavy atom. The maximum absolute atomic E-state index is 12.5. The second kappa shape index (κ2) is 7.85. The van der Waals surface area contributed by atoms with Crippen molar-refractivity contribution >= 4 is 18.3 Å². The molecule has 4 nitrogen and oxygen atoms in total. The summed E-state index contributed by atoms with van der Waals surface area (Å²) in [4.78, 5) is 12.5. The zero-order chi connectivity index (χ0) is 15.6. The van der Waals surface area contributed by atoms with E-state index in [9.17, 15) is 4.79 Å². The number of amides is 1. The Labute approximate surface area is 150 Å². The molecule has 132 valence electrons. The van der Waals surface area contributed by atoms with Crippen molar-refractivity contribution in [2.45, 2.75) is 62.6 Å². The van der Waals surface area contributed by atoms with Crippen molar-refractivity contribution in [2.24, 2.45) is 0 Å². The molecule has 1 heterocycles. The summed E-state index contributed by atoms with van der Waals surface area (Å²) in [7, 11) is 0. The summed E-state index contributed by atoms with van der Waals surface area (Å²) in [6.07, 6.45) is 7.08. The number of nitrogens with one attached hydrogen (secondary N) is 2. The standard InChI is InChI=1S/C19H26N2O2.ClH/c22-19(21-16-7-9-23-10-8-16)14-4-1-3-13(11-14)17-12-18(17)20-15-5-2-6-15;/h1,3-4,11,15-18,20H,2,5-10,12H2,(H,21,22);1H. The predicted octanol–water partition coefficient (Wildman–Crippen LogP) is 3.02. The third-order valence-corrected chi connectivity index (χ3v) is 5.48. The molecule has 5 heteroatoms. The van der Waals surface area contributed by atoms with Crippen molar-refractivity contribution in [2.75, 3.05) is 13.2 Å². The van der Waals surface area contributed by atoms with E-state index in [-0.39, 0.29) is 24.4 Å². The fourth-order valence-corrected chi connectivity index (χ4v) is 3.65. The van der Waals surface area contributed by atoms with Gasteiger partial charge in [-0.2, -0.15) is 0 Å². The van der Waals surface area contributed by atoms with Crippen LogP contribution in [-0.2, 0) is 4.74 Å². The van der Waals surface area contributed by atoms with E-state index in [0.29, 0.717) is 12.0 Å². The molecule has 1 aliphatic heterocycles. The van der Waals surface area contributed by atoms with E-state index in [1.54, 1.807) is 0 Å². The minimum absolute atomic E-state index is 0. The molecule has 3 fully saturated rings. The summed E-state index contributed by atoms with van der Waals surface area (Å²) in [5.74, 6) is 0.648. The van der Waals surface area contributed by atoms with Crippen molar-refractivity contribution in [1.29, 1.82) is 0 Å². The largest absolute Gasteiger partial charge is 0.381 e. The summed E-state index contributed by atoms with van der Waals surface area (Å²) in [6.45, 7) is 1.50. The topological polar surface area (TPSA) is 50.4 Å². The maximum Gasteiger partial charge on any atom is 0.251 e. The molecule has 2 aliphatic carbocycles. The average molecular weight is 351 g/mol. The minimum atomic E-state index is 0. The third kappa shape index (κ3) is 4.11. The van der Waals surface area contributed by atoms with E-state index in [1.165, 1.54) is 31.2 Å². The van der Waals surface area contributed by atoms with Gasteiger partial charge in [-0.15, -0.1) is 12.4 Å². The Kier molecular flexibility index (Phi) is 5.80. The molecule has 0 bridgehead atoms. The predicted molar refractivity (Wildman–Crippen MR) is 96.9 cm³/mol. The molecule has 2 unspecified atom stereocenters. The molecule has 2 atom stereocenters. The van der Waals surface area contributed by atoms with Crippen LogP contribution in [0.2, 0.25) is 0 Å². The molecule has 3 aliphatic rings. The molecule has 2 saturated carbocycles. The van der Waals surface area contributed by atoms with Gasteiger partial charge in [0.1, 0.15) is 0 Å². The fraction of sp³-hybridized carbons (Fsp3) is 0.632. The van der Waals surface area contributed by atoms with E-state index in [0.717, 1.165) is 37.7 Å². The van der Waals surface area contributed by atoms with Gasteiger partial charge in [0.2, 0.25) is 0 Å². The Morgan fingerprint density at radius 2 is 1.88 bits per heavy atom. The fourth-order valence-electron chi connectivity index (χ4n) is 3.65. The molecule has 0 spiro atoms. The Balaban J connectivity index is 0.00000169. The lowest BCUT2D eigenvalue weighted by atomic mass is 9.93. The molecule has 0 aromatic heterocycles. The van der Waals surface area contributed by atoms with E-state index in [2.05, 4.69) is 22.8 Å². The Morgan fingerprint density at radius 3 is 2.58 bits per heavy atom. The van der Waals surface area contributed by atoms with Gasteiger partial charge in [0.05, 0.1) is 0 Å². The summed E-state index contributed by atoms with van der Waals surface area (Å²) in [5.41, 5.74) is 2.10. The van der Waals surface area contributed by atoms with Crippen LogP contribution in [0.1, 0.15) is 60.4 Å².